The predicted octanol–water partition coefficient (Wildman–Crippen LogP) is 3.95. The molecule has 1 N–H and O–H groups in total. The van der Waals surface area contributed by atoms with Crippen LogP contribution in [-0.4, -0.2) is 21.0 Å². The van der Waals surface area contributed by atoms with E-state index in [0.717, 1.165) is 63.5 Å². The maximum atomic E-state index is 12.9. The predicted molar refractivity (Wildman–Crippen MR) is 135 cm³/mol. The molecule has 3 aromatic carbocycles. The van der Waals surface area contributed by atoms with Crippen molar-refractivity contribution in [2.24, 2.45) is 0 Å². The Balaban J connectivity index is 1.49. The summed E-state index contributed by atoms with van der Waals surface area (Å²) in [4.78, 5) is 14.2. The van der Waals surface area contributed by atoms with Crippen molar-refractivity contribution in [1.82, 2.24) is 0 Å². The van der Waals surface area contributed by atoms with E-state index in [1.165, 1.54) is 4.90 Å². The molecular formula is C29H30NO5+. The number of hydrogen-bond acceptors (Lipinski definition) is 5. The molecular weight excluding hydrogens is 442 g/mol. The highest BCUT2D eigenvalue weighted by atomic mass is 16.5. The van der Waals surface area contributed by atoms with E-state index in [9.17, 15) is 4.79 Å². The number of aryl methyl sites for hydroxylation is 2. The van der Waals surface area contributed by atoms with E-state index in [-0.39, 0.29) is 5.63 Å². The van der Waals surface area contributed by atoms with Gasteiger partial charge in [-0.15, -0.1) is 0 Å². The number of hydrogen-bond donors (Lipinski definition) is 1. The van der Waals surface area contributed by atoms with Crippen LogP contribution in [-0.2, 0) is 19.5 Å². The molecule has 0 spiro atoms. The first-order valence-corrected chi connectivity index (χ1v) is 11.8. The molecule has 1 aliphatic rings. The molecule has 1 aromatic heterocycles. The summed E-state index contributed by atoms with van der Waals surface area (Å²) in [5, 5.41) is 0.971. The maximum absolute atomic E-state index is 12.9. The zero-order chi connectivity index (χ0) is 24.5. The van der Waals surface area contributed by atoms with Crippen LogP contribution in [0.2, 0.25) is 0 Å². The molecule has 1 aliphatic heterocycles. The number of ether oxygens (including phenoxy) is 3. The van der Waals surface area contributed by atoms with E-state index < -0.39 is 0 Å². The van der Waals surface area contributed by atoms with Gasteiger partial charge >= 0.3 is 5.63 Å². The zero-order valence-electron chi connectivity index (χ0n) is 20.6. The second kappa shape index (κ2) is 9.47. The smallest absolute Gasteiger partial charge is 0.340 e. The number of methoxy groups -OCH3 is 2. The fraction of sp³-hybridized carbons (Fsp3) is 0.276. The highest BCUT2D eigenvalue weighted by molar-refractivity contribution is 5.87. The third kappa shape index (κ3) is 4.37. The van der Waals surface area contributed by atoms with Crippen molar-refractivity contribution in [2.75, 3.05) is 21.0 Å². The van der Waals surface area contributed by atoms with Crippen molar-refractivity contribution < 1.29 is 23.5 Å². The first kappa shape index (κ1) is 23.0. The standard InChI is InChI=1S/C29H29NO5/c1-18-24-13-22-16-30(15-21-10-11-23(32-3)14-26(21)33-4)17-34-27(22)19(2)28(24)35-29(31)25(18)12-20-8-6-5-7-9-20/h5-11,13-14H,12,15-17H2,1-4H3/p+1. The minimum absolute atomic E-state index is 0.281. The lowest BCUT2D eigenvalue weighted by atomic mass is 9.96. The number of fused-ring (bicyclic) bond motifs is 2. The zero-order valence-corrected chi connectivity index (χ0v) is 20.6. The summed E-state index contributed by atoms with van der Waals surface area (Å²) in [6.07, 6.45) is 0.548. The molecule has 0 saturated heterocycles. The summed E-state index contributed by atoms with van der Waals surface area (Å²) in [7, 11) is 3.33. The molecule has 180 valence electrons. The van der Waals surface area contributed by atoms with Crippen LogP contribution in [0.25, 0.3) is 11.0 Å². The van der Waals surface area contributed by atoms with Gasteiger partial charge in [-0.25, -0.2) is 4.79 Å². The molecule has 0 radical (unpaired) electrons. The Morgan fingerprint density at radius 1 is 0.971 bits per heavy atom. The van der Waals surface area contributed by atoms with Crippen LogP contribution < -0.4 is 24.7 Å². The SMILES string of the molecule is COc1ccc(C[NH+]2COc3c(cc4c(C)c(Cc5ccccc5)c(=O)oc4c3C)C2)c(OC)c1. The number of rotatable bonds is 6. The van der Waals surface area contributed by atoms with E-state index in [1.807, 2.05) is 62.4 Å². The lowest BCUT2D eigenvalue weighted by Crippen LogP contribution is -3.10. The third-order valence-electron chi connectivity index (χ3n) is 6.85. The quantitative estimate of drug-likeness (QED) is 0.431. The number of quaternary nitrogens is 1. The summed E-state index contributed by atoms with van der Waals surface area (Å²) in [5.41, 5.74) is 6.18. The fourth-order valence-electron chi connectivity index (χ4n) is 4.94. The van der Waals surface area contributed by atoms with Crippen LogP contribution in [0.3, 0.4) is 0 Å². The van der Waals surface area contributed by atoms with Crippen LogP contribution in [0.4, 0.5) is 0 Å². The molecule has 5 rings (SSSR count). The number of benzene rings is 3. The van der Waals surface area contributed by atoms with Crippen molar-refractivity contribution in [1.29, 1.82) is 0 Å². The van der Waals surface area contributed by atoms with E-state index in [2.05, 4.69) is 6.07 Å². The fourth-order valence-corrected chi connectivity index (χ4v) is 4.94. The van der Waals surface area contributed by atoms with Gasteiger partial charge in [-0.2, -0.15) is 0 Å². The largest absolute Gasteiger partial charge is 0.497 e. The van der Waals surface area contributed by atoms with Gasteiger partial charge in [-0.3, -0.25) is 4.90 Å². The second-order valence-corrected chi connectivity index (χ2v) is 9.09. The van der Waals surface area contributed by atoms with Crippen molar-refractivity contribution in [2.45, 2.75) is 33.4 Å². The molecule has 2 heterocycles. The van der Waals surface area contributed by atoms with Crippen LogP contribution in [0.1, 0.15) is 33.4 Å². The minimum Gasteiger partial charge on any atom is -0.497 e. The molecule has 35 heavy (non-hydrogen) atoms. The minimum atomic E-state index is -0.281. The lowest BCUT2D eigenvalue weighted by molar-refractivity contribution is -0.945. The summed E-state index contributed by atoms with van der Waals surface area (Å²) in [5.74, 6) is 2.40. The third-order valence-corrected chi connectivity index (χ3v) is 6.85. The van der Waals surface area contributed by atoms with Gasteiger partial charge in [-0.1, -0.05) is 30.3 Å². The molecule has 6 heteroatoms. The molecule has 0 amide bonds. The number of nitrogens with one attached hydrogen (secondary N) is 1. The Morgan fingerprint density at radius 3 is 2.51 bits per heavy atom. The Morgan fingerprint density at radius 2 is 1.77 bits per heavy atom. The second-order valence-electron chi connectivity index (χ2n) is 9.09. The molecule has 6 nitrogen and oxygen atoms in total. The van der Waals surface area contributed by atoms with Crippen LogP contribution in [0, 0.1) is 13.8 Å². The molecule has 0 saturated carbocycles. The van der Waals surface area contributed by atoms with Crippen LogP contribution in [0.5, 0.6) is 17.2 Å². The molecule has 0 aliphatic carbocycles. The Bertz CT molecular complexity index is 1440. The van der Waals surface area contributed by atoms with Crippen molar-refractivity contribution in [3.63, 3.8) is 0 Å². The normalized spacial score (nSPS) is 14.9. The van der Waals surface area contributed by atoms with Gasteiger partial charge < -0.3 is 18.6 Å². The maximum Gasteiger partial charge on any atom is 0.340 e. The van der Waals surface area contributed by atoms with Gasteiger partial charge in [0.25, 0.3) is 0 Å². The topological polar surface area (TPSA) is 62.3 Å². The molecule has 0 bridgehead atoms. The Hall–Kier alpha value is -3.77. The Labute approximate surface area is 204 Å². The molecule has 4 aromatic rings. The van der Waals surface area contributed by atoms with Crippen molar-refractivity contribution in [3.8, 4) is 17.2 Å². The van der Waals surface area contributed by atoms with Gasteiger partial charge in [0.2, 0.25) is 6.73 Å². The van der Waals surface area contributed by atoms with Gasteiger partial charge in [0.15, 0.2) is 0 Å². The van der Waals surface area contributed by atoms with Crippen molar-refractivity contribution >= 4 is 11.0 Å². The monoisotopic (exact) mass is 472 g/mol. The summed E-state index contributed by atoms with van der Waals surface area (Å²) in [6.45, 7) is 6.06. The first-order chi connectivity index (χ1) is 17.0. The molecule has 1 atom stereocenters. The highest BCUT2D eigenvalue weighted by Gasteiger charge is 2.27. The van der Waals surface area contributed by atoms with E-state index >= 15 is 0 Å². The first-order valence-electron chi connectivity index (χ1n) is 11.8. The average molecular weight is 473 g/mol. The summed E-state index contributed by atoms with van der Waals surface area (Å²) >= 11 is 0. The van der Waals surface area contributed by atoms with Crippen LogP contribution >= 0.6 is 0 Å². The summed E-state index contributed by atoms with van der Waals surface area (Å²) < 4.78 is 23.0. The highest BCUT2D eigenvalue weighted by Crippen LogP contribution is 2.34. The van der Waals surface area contributed by atoms with Gasteiger partial charge in [0.05, 0.1) is 14.2 Å². The van der Waals surface area contributed by atoms with Crippen molar-refractivity contribution in [3.05, 3.63) is 98.4 Å². The average Bonchev–Trinajstić information content (AvgIpc) is 2.88. The Kier molecular flexibility index (Phi) is 6.22. The van der Waals surface area contributed by atoms with E-state index in [0.29, 0.717) is 24.3 Å². The molecule has 1 unspecified atom stereocenters. The van der Waals surface area contributed by atoms with Gasteiger partial charge in [0, 0.05) is 40.1 Å². The summed E-state index contributed by atoms with van der Waals surface area (Å²) in [6, 6.07) is 18.0. The van der Waals surface area contributed by atoms with E-state index in [1.54, 1.807) is 14.2 Å². The van der Waals surface area contributed by atoms with Gasteiger partial charge in [0.1, 0.15) is 35.9 Å². The van der Waals surface area contributed by atoms with Gasteiger partial charge in [-0.05, 0) is 43.2 Å². The van der Waals surface area contributed by atoms with Crippen LogP contribution in [0.15, 0.2) is 63.8 Å². The molecule has 0 fully saturated rings. The lowest BCUT2D eigenvalue weighted by Gasteiger charge is -2.28. The van der Waals surface area contributed by atoms with E-state index in [4.69, 9.17) is 18.6 Å².